The summed E-state index contributed by atoms with van der Waals surface area (Å²) in [5.74, 6) is 1.06. The van der Waals surface area contributed by atoms with Crippen molar-refractivity contribution in [3.8, 4) is 0 Å². The van der Waals surface area contributed by atoms with Crippen LogP contribution < -0.4 is 0 Å². The maximum Gasteiger partial charge on any atom is 0.410 e. The van der Waals surface area contributed by atoms with Gasteiger partial charge in [0.25, 0.3) is 0 Å². The first-order valence-corrected chi connectivity index (χ1v) is 6.56. The van der Waals surface area contributed by atoms with Gasteiger partial charge in [-0.3, -0.25) is 9.38 Å². The minimum atomic E-state index is -0.463. The molecule has 1 saturated heterocycles. The van der Waals surface area contributed by atoms with Crippen molar-refractivity contribution < 1.29 is 9.53 Å². The molecular weight excluding hydrogens is 258 g/mol. The smallest absolute Gasteiger partial charge is 0.410 e. The van der Waals surface area contributed by atoms with Crippen molar-refractivity contribution in [1.82, 2.24) is 24.5 Å². The van der Waals surface area contributed by atoms with Crippen molar-refractivity contribution in [2.75, 3.05) is 13.1 Å². The van der Waals surface area contributed by atoms with E-state index in [1.165, 1.54) is 0 Å². The Morgan fingerprint density at radius 1 is 1.35 bits per heavy atom. The monoisotopic (exact) mass is 275 g/mol. The van der Waals surface area contributed by atoms with Crippen LogP contribution >= 0.6 is 0 Å². The summed E-state index contributed by atoms with van der Waals surface area (Å²) in [6.45, 7) is 6.81. The van der Waals surface area contributed by atoms with Gasteiger partial charge >= 0.3 is 6.09 Å². The number of carbonyl (C=O) groups is 1. The van der Waals surface area contributed by atoms with Crippen molar-refractivity contribution >= 4 is 11.7 Å². The van der Waals surface area contributed by atoms with Gasteiger partial charge in [0.15, 0.2) is 5.65 Å². The average Bonchev–Trinajstić information content (AvgIpc) is 2.69. The van der Waals surface area contributed by atoms with E-state index >= 15 is 0 Å². The second kappa shape index (κ2) is 4.43. The summed E-state index contributed by atoms with van der Waals surface area (Å²) in [7, 11) is 0. The highest BCUT2D eigenvalue weighted by molar-refractivity contribution is 5.69. The number of ether oxygens (including phenoxy) is 1. The van der Waals surface area contributed by atoms with E-state index < -0.39 is 5.60 Å². The maximum absolute atomic E-state index is 11.9. The Kier molecular flexibility index (Phi) is 2.84. The molecule has 3 rings (SSSR count). The Labute approximate surface area is 116 Å². The van der Waals surface area contributed by atoms with E-state index in [-0.39, 0.29) is 12.0 Å². The molecule has 106 valence electrons. The summed E-state index contributed by atoms with van der Waals surface area (Å²) in [6, 6.07) is 0. The summed E-state index contributed by atoms with van der Waals surface area (Å²) >= 11 is 0. The minimum absolute atomic E-state index is 0.194. The topological polar surface area (TPSA) is 72.6 Å². The van der Waals surface area contributed by atoms with Crippen LogP contribution in [0.25, 0.3) is 5.65 Å². The Hall–Kier alpha value is -2.18. The number of rotatable bonds is 1. The highest BCUT2D eigenvalue weighted by Crippen LogP contribution is 2.27. The third kappa shape index (κ3) is 2.31. The van der Waals surface area contributed by atoms with Gasteiger partial charge in [0.2, 0.25) is 0 Å². The van der Waals surface area contributed by atoms with Gasteiger partial charge < -0.3 is 9.64 Å². The van der Waals surface area contributed by atoms with Crippen molar-refractivity contribution in [3.63, 3.8) is 0 Å². The molecule has 0 unspecified atom stereocenters. The molecule has 0 aromatic carbocycles. The maximum atomic E-state index is 11.9. The SMILES string of the molecule is CC(C)(C)OC(=O)N1CC(c2nnc3cnccn23)C1. The summed E-state index contributed by atoms with van der Waals surface area (Å²) < 4.78 is 7.24. The molecule has 1 amide bonds. The first-order chi connectivity index (χ1) is 9.44. The minimum Gasteiger partial charge on any atom is -0.444 e. The number of aromatic nitrogens is 4. The molecule has 2 aromatic rings. The van der Waals surface area contributed by atoms with Crippen LogP contribution in [0.1, 0.15) is 32.5 Å². The normalized spacial score (nSPS) is 16.2. The zero-order valence-electron chi connectivity index (χ0n) is 11.8. The molecule has 2 aromatic heterocycles. The summed E-state index contributed by atoms with van der Waals surface area (Å²) in [5.41, 5.74) is 0.258. The molecule has 0 N–H and O–H groups in total. The predicted molar refractivity (Wildman–Crippen MR) is 71.3 cm³/mol. The molecule has 0 radical (unpaired) electrons. The van der Waals surface area contributed by atoms with E-state index in [4.69, 9.17) is 4.74 Å². The highest BCUT2D eigenvalue weighted by atomic mass is 16.6. The van der Waals surface area contributed by atoms with E-state index in [2.05, 4.69) is 15.2 Å². The molecule has 0 spiro atoms. The fourth-order valence-electron chi connectivity index (χ4n) is 2.17. The van der Waals surface area contributed by atoms with Crippen LogP contribution in [0.15, 0.2) is 18.6 Å². The Balaban J connectivity index is 1.67. The molecular formula is C13H17N5O2. The van der Waals surface area contributed by atoms with Gasteiger partial charge in [-0.25, -0.2) is 4.79 Å². The largest absolute Gasteiger partial charge is 0.444 e. The molecule has 7 heteroatoms. The van der Waals surface area contributed by atoms with Crippen molar-refractivity contribution in [2.45, 2.75) is 32.3 Å². The summed E-state index contributed by atoms with van der Waals surface area (Å²) in [4.78, 5) is 17.6. The van der Waals surface area contributed by atoms with Gasteiger partial charge in [0, 0.05) is 25.5 Å². The van der Waals surface area contributed by atoms with Crippen LogP contribution in [0.2, 0.25) is 0 Å². The number of fused-ring (bicyclic) bond motifs is 1. The molecule has 0 aliphatic carbocycles. The molecule has 1 aliphatic rings. The lowest BCUT2D eigenvalue weighted by molar-refractivity contribution is 0.00743. The first kappa shape index (κ1) is 12.8. The third-order valence-electron chi connectivity index (χ3n) is 3.14. The van der Waals surface area contributed by atoms with Gasteiger partial charge in [-0.1, -0.05) is 0 Å². The molecule has 0 bridgehead atoms. The van der Waals surface area contributed by atoms with Crippen LogP contribution in [0.3, 0.4) is 0 Å². The summed E-state index contributed by atoms with van der Waals surface area (Å²) in [5, 5.41) is 8.25. The van der Waals surface area contributed by atoms with E-state index in [1.54, 1.807) is 17.3 Å². The van der Waals surface area contributed by atoms with E-state index in [1.807, 2.05) is 31.4 Å². The van der Waals surface area contributed by atoms with Crippen LogP contribution in [-0.4, -0.2) is 49.3 Å². The lowest BCUT2D eigenvalue weighted by Crippen LogP contribution is -2.50. The number of amides is 1. The number of carbonyl (C=O) groups excluding carboxylic acids is 1. The first-order valence-electron chi connectivity index (χ1n) is 6.56. The third-order valence-corrected chi connectivity index (χ3v) is 3.14. The van der Waals surface area contributed by atoms with Gasteiger partial charge in [-0.15, -0.1) is 10.2 Å². The Morgan fingerprint density at radius 3 is 2.80 bits per heavy atom. The van der Waals surface area contributed by atoms with Crippen LogP contribution in [0.5, 0.6) is 0 Å². The number of hydrogen-bond acceptors (Lipinski definition) is 5. The van der Waals surface area contributed by atoms with Gasteiger partial charge in [-0.05, 0) is 20.8 Å². The zero-order chi connectivity index (χ0) is 14.3. The fourth-order valence-corrected chi connectivity index (χ4v) is 2.17. The molecule has 1 aliphatic heterocycles. The zero-order valence-corrected chi connectivity index (χ0v) is 11.8. The van der Waals surface area contributed by atoms with E-state index in [0.717, 1.165) is 11.5 Å². The highest BCUT2D eigenvalue weighted by Gasteiger charge is 2.37. The van der Waals surface area contributed by atoms with Crippen molar-refractivity contribution in [3.05, 3.63) is 24.4 Å². The molecule has 0 atom stereocenters. The summed E-state index contributed by atoms with van der Waals surface area (Å²) in [6.07, 6.45) is 4.93. The second-order valence-corrected chi connectivity index (χ2v) is 5.94. The Bertz CT molecular complexity index is 639. The van der Waals surface area contributed by atoms with Crippen LogP contribution in [-0.2, 0) is 4.74 Å². The number of nitrogens with zero attached hydrogens (tertiary/aromatic N) is 5. The van der Waals surface area contributed by atoms with Crippen LogP contribution in [0, 0.1) is 0 Å². The van der Waals surface area contributed by atoms with E-state index in [0.29, 0.717) is 13.1 Å². The fraction of sp³-hybridized carbons (Fsp3) is 0.538. The molecule has 7 nitrogen and oxygen atoms in total. The molecule has 3 heterocycles. The lowest BCUT2D eigenvalue weighted by atomic mass is 10.00. The standard InChI is InChI=1S/C13H17N5O2/c1-13(2,3)20-12(19)17-7-9(8-17)11-16-15-10-6-14-4-5-18(10)11/h4-6,9H,7-8H2,1-3H3. The van der Waals surface area contributed by atoms with Gasteiger partial charge in [0.05, 0.1) is 12.1 Å². The number of hydrogen-bond donors (Lipinski definition) is 0. The van der Waals surface area contributed by atoms with Crippen LogP contribution in [0.4, 0.5) is 4.79 Å². The molecule has 1 fully saturated rings. The quantitative estimate of drug-likeness (QED) is 0.787. The van der Waals surface area contributed by atoms with Gasteiger partial charge in [-0.2, -0.15) is 0 Å². The molecule has 0 saturated carbocycles. The van der Waals surface area contributed by atoms with Crippen molar-refractivity contribution in [1.29, 1.82) is 0 Å². The number of likely N-dealkylation sites (tertiary alicyclic amines) is 1. The average molecular weight is 275 g/mol. The lowest BCUT2D eigenvalue weighted by Gasteiger charge is -2.38. The van der Waals surface area contributed by atoms with Crippen molar-refractivity contribution in [2.24, 2.45) is 0 Å². The van der Waals surface area contributed by atoms with Gasteiger partial charge in [0.1, 0.15) is 11.4 Å². The predicted octanol–water partition coefficient (Wildman–Crippen LogP) is 1.46. The molecule has 20 heavy (non-hydrogen) atoms. The second-order valence-electron chi connectivity index (χ2n) is 5.94. The van der Waals surface area contributed by atoms with E-state index in [9.17, 15) is 4.79 Å². The Morgan fingerprint density at radius 2 is 2.10 bits per heavy atom.